The third-order valence-electron chi connectivity index (χ3n) is 1.81. The van der Waals surface area contributed by atoms with Gasteiger partial charge in [0.25, 0.3) is 0 Å². The van der Waals surface area contributed by atoms with E-state index >= 15 is 0 Å². The highest BCUT2D eigenvalue weighted by Crippen LogP contribution is 1.92. The minimum absolute atomic E-state index is 0.464. The maximum atomic E-state index is 5.32. The molecule has 1 rings (SSSR count). The zero-order valence-electron chi connectivity index (χ0n) is 9.65. The Labute approximate surface area is 95.3 Å². The van der Waals surface area contributed by atoms with Crippen LogP contribution in [0.5, 0.6) is 0 Å². The molecule has 92 valence electrons. The highest BCUT2D eigenvalue weighted by molar-refractivity contribution is 4.86. The van der Waals surface area contributed by atoms with Crippen molar-refractivity contribution in [3.8, 4) is 0 Å². The Morgan fingerprint density at radius 2 is 1.75 bits per heavy atom. The van der Waals surface area contributed by atoms with Crippen LogP contribution in [-0.2, 0) is 20.8 Å². The second-order valence-corrected chi connectivity index (χ2v) is 3.24. The van der Waals surface area contributed by atoms with Gasteiger partial charge in [0.1, 0.15) is 5.69 Å². The molecule has 0 fully saturated rings. The summed E-state index contributed by atoms with van der Waals surface area (Å²) in [6, 6.07) is 0. The molecule has 0 aromatic carbocycles. The van der Waals surface area contributed by atoms with Gasteiger partial charge in [-0.1, -0.05) is 12.1 Å². The fourth-order valence-corrected chi connectivity index (χ4v) is 1.06. The molecule has 0 bridgehead atoms. The van der Waals surface area contributed by atoms with Gasteiger partial charge in [-0.3, -0.25) is 5.10 Å². The van der Waals surface area contributed by atoms with E-state index in [1.54, 1.807) is 6.20 Å². The number of ether oxygens (including phenoxy) is 3. The van der Waals surface area contributed by atoms with Crippen LogP contribution in [0.3, 0.4) is 0 Å². The predicted octanol–water partition coefficient (Wildman–Crippen LogP) is 0.764. The maximum Gasteiger partial charge on any atom is 0.108 e. The van der Waals surface area contributed by atoms with Gasteiger partial charge in [0.2, 0.25) is 0 Å². The van der Waals surface area contributed by atoms with Crippen molar-refractivity contribution in [3.05, 3.63) is 11.9 Å². The Hall–Kier alpha value is -0.980. The molecule has 1 heterocycles. The largest absolute Gasteiger partial charge is 0.379 e. The molecule has 0 radical (unpaired) electrons. The van der Waals surface area contributed by atoms with Crippen LogP contribution in [0.1, 0.15) is 19.0 Å². The molecule has 0 spiro atoms. The Morgan fingerprint density at radius 3 is 2.38 bits per heavy atom. The summed E-state index contributed by atoms with van der Waals surface area (Å²) in [7, 11) is 0. The SMILES string of the molecule is CCCOCCOCCOCc1c[nH]nn1. The molecule has 0 unspecified atom stereocenters. The second kappa shape index (κ2) is 9.26. The number of hydrogen-bond acceptors (Lipinski definition) is 5. The van der Waals surface area contributed by atoms with Gasteiger partial charge < -0.3 is 14.2 Å². The van der Waals surface area contributed by atoms with Crippen molar-refractivity contribution in [2.24, 2.45) is 0 Å². The Kier molecular flexibility index (Phi) is 7.57. The van der Waals surface area contributed by atoms with E-state index in [9.17, 15) is 0 Å². The van der Waals surface area contributed by atoms with E-state index in [0.717, 1.165) is 18.7 Å². The van der Waals surface area contributed by atoms with Crippen LogP contribution < -0.4 is 0 Å². The lowest BCUT2D eigenvalue weighted by molar-refractivity contribution is 0.0102. The smallest absolute Gasteiger partial charge is 0.108 e. The highest BCUT2D eigenvalue weighted by atomic mass is 16.5. The molecule has 1 N–H and O–H groups in total. The van der Waals surface area contributed by atoms with Gasteiger partial charge >= 0.3 is 0 Å². The van der Waals surface area contributed by atoms with Gasteiger partial charge in [-0.15, -0.1) is 5.10 Å². The minimum Gasteiger partial charge on any atom is -0.379 e. The monoisotopic (exact) mass is 229 g/mol. The number of aromatic amines is 1. The molecule has 6 nitrogen and oxygen atoms in total. The average Bonchev–Trinajstić information content (AvgIpc) is 2.80. The Balaban J connectivity index is 1.78. The summed E-state index contributed by atoms with van der Waals surface area (Å²) in [6.07, 6.45) is 2.75. The highest BCUT2D eigenvalue weighted by Gasteiger charge is 1.95. The number of hydrogen-bond donors (Lipinski definition) is 1. The molecule has 1 aromatic heterocycles. The summed E-state index contributed by atoms with van der Waals surface area (Å²) >= 11 is 0. The van der Waals surface area contributed by atoms with E-state index in [-0.39, 0.29) is 0 Å². The van der Waals surface area contributed by atoms with Crippen LogP contribution in [0.2, 0.25) is 0 Å². The van der Waals surface area contributed by atoms with E-state index in [1.165, 1.54) is 0 Å². The van der Waals surface area contributed by atoms with Gasteiger partial charge in [0, 0.05) is 12.8 Å². The lowest BCUT2D eigenvalue weighted by Crippen LogP contribution is -2.09. The summed E-state index contributed by atoms with van der Waals surface area (Å²) in [5.74, 6) is 0. The minimum atomic E-state index is 0.464. The molecule has 0 saturated carbocycles. The first-order valence-corrected chi connectivity index (χ1v) is 5.52. The van der Waals surface area contributed by atoms with Gasteiger partial charge in [0.05, 0.1) is 33.0 Å². The molecule has 0 amide bonds. The first kappa shape index (κ1) is 13.1. The topological polar surface area (TPSA) is 69.3 Å². The zero-order chi connectivity index (χ0) is 11.5. The number of aromatic nitrogens is 3. The van der Waals surface area contributed by atoms with Crippen LogP contribution in [0.4, 0.5) is 0 Å². The molecular weight excluding hydrogens is 210 g/mol. The van der Waals surface area contributed by atoms with Crippen molar-refractivity contribution in [1.29, 1.82) is 0 Å². The number of H-pyrrole nitrogens is 1. The van der Waals surface area contributed by atoms with E-state index in [4.69, 9.17) is 14.2 Å². The van der Waals surface area contributed by atoms with E-state index in [1.807, 2.05) is 0 Å². The number of rotatable bonds is 10. The van der Waals surface area contributed by atoms with Gasteiger partial charge in [-0.25, -0.2) is 0 Å². The molecule has 0 aliphatic carbocycles. The van der Waals surface area contributed by atoms with Crippen LogP contribution in [0.15, 0.2) is 6.20 Å². The Morgan fingerprint density at radius 1 is 1.06 bits per heavy atom. The third kappa shape index (κ3) is 6.49. The summed E-state index contributed by atoms with van der Waals surface area (Å²) in [6.45, 7) is 5.75. The van der Waals surface area contributed by atoms with Crippen LogP contribution in [0.25, 0.3) is 0 Å². The van der Waals surface area contributed by atoms with Crippen LogP contribution >= 0.6 is 0 Å². The molecule has 0 atom stereocenters. The van der Waals surface area contributed by atoms with Crippen molar-refractivity contribution in [3.63, 3.8) is 0 Å². The fraction of sp³-hybridized carbons (Fsp3) is 0.800. The zero-order valence-corrected chi connectivity index (χ0v) is 9.65. The maximum absolute atomic E-state index is 5.32. The lowest BCUT2D eigenvalue weighted by Gasteiger charge is -2.05. The average molecular weight is 229 g/mol. The molecule has 16 heavy (non-hydrogen) atoms. The van der Waals surface area contributed by atoms with E-state index in [2.05, 4.69) is 22.3 Å². The normalized spacial score (nSPS) is 10.8. The van der Waals surface area contributed by atoms with Crippen molar-refractivity contribution in [1.82, 2.24) is 15.4 Å². The quantitative estimate of drug-likeness (QED) is 0.600. The van der Waals surface area contributed by atoms with Crippen molar-refractivity contribution < 1.29 is 14.2 Å². The molecule has 6 heteroatoms. The van der Waals surface area contributed by atoms with Crippen molar-refractivity contribution in [2.45, 2.75) is 20.0 Å². The second-order valence-electron chi connectivity index (χ2n) is 3.24. The summed E-state index contributed by atoms with van der Waals surface area (Å²) < 4.78 is 15.9. The van der Waals surface area contributed by atoms with Crippen molar-refractivity contribution >= 4 is 0 Å². The van der Waals surface area contributed by atoms with E-state index < -0.39 is 0 Å². The van der Waals surface area contributed by atoms with Crippen molar-refractivity contribution in [2.75, 3.05) is 33.0 Å². The first-order chi connectivity index (χ1) is 7.93. The summed E-state index contributed by atoms with van der Waals surface area (Å²) in [5.41, 5.74) is 0.797. The van der Waals surface area contributed by atoms with E-state index in [0.29, 0.717) is 33.0 Å². The van der Waals surface area contributed by atoms with Crippen LogP contribution in [-0.4, -0.2) is 48.4 Å². The number of nitrogens with zero attached hydrogens (tertiary/aromatic N) is 2. The van der Waals surface area contributed by atoms with Gasteiger partial charge in [-0.05, 0) is 6.42 Å². The summed E-state index contributed by atoms with van der Waals surface area (Å²) in [5, 5.41) is 9.99. The molecular formula is C10H19N3O3. The summed E-state index contributed by atoms with van der Waals surface area (Å²) in [4.78, 5) is 0. The lowest BCUT2D eigenvalue weighted by atomic mass is 10.5. The number of nitrogens with one attached hydrogen (secondary N) is 1. The molecule has 0 aliphatic heterocycles. The van der Waals surface area contributed by atoms with Crippen LogP contribution in [0, 0.1) is 0 Å². The predicted molar refractivity (Wildman–Crippen MR) is 58.0 cm³/mol. The molecule has 0 saturated heterocycles. The molecule has 1 aromatic rings. The van der Waals surface area contributed by atoms with Gasteiger partial charge in [-0.2, -0.15) is 0 Å². The Bertz CT molecular complexity index is 241. The van der Waals surface area contributed by atoms with Gasteiger partial charge in [0.15, 0.2) is 0 Å². The molecule has 0 aliphatic rings. The third-order valence-corrected chi connectivity index (χ3v) is 1.81. The standard InChI is InChI=1S/C10H19N3O3/c1-2-3-14-4-5-15-6-7-16-9-10-8-11-13-12-10/h8H,2-7,9H2,1H3,(H,11,12,13). The first-order valence-electron chi connectivity index (χ1n) is 5.52. The fourth-order valence-electron chi connectivity index (χ4n) is 1.06.